The predicted molar refractivity (Wildman–Crippen MR) is 89.2 cm³/mol. The van der Waals surface area contributed by atoms with Crippen LogP contribution in [0.25, 0.3) is 0 Å². The van der Waals surface area contributed by atoms with Gasteiger partial charge in [0.25, 0.3) is 0 Å². The second-order valence-corrected chi connectivity index (χ2v) is 6.21. The Balaban J connectivity index is 2.71. The number of nitrogens with two attached hydrogens (primary N) is 1. The average molecular weight is 388 g/mol. The molecular weight excluding hydrogens is 364 g/mol. The Hall–Kier alpha value is -2.73. The molecular formula is C15H24N4O8. The van der Waals surface area contributed by atoms with Gasteiger partial charge in [0.1, 0.15) is 18.1 Å². The highest BCUT2D eigenvalue weighted by atomic mass is 16.4. The van der Waals surface area contributed by atoms with Crippen LogP contribution in [-0.4, -0.2) is 87.2 Å². The van der Waals surface area contributed by atoms with Crippen LogP contribution in [0.3, 0.4) is 0 Å². The zero-order chi connectivity index (χ0) is 20.7. The molecule has 0 aromatic rings. The molecule has 152 valence electrons. The third kappa shape index (κ3) is 6.18. The summed E-state index contributed by atoms with van der Waals surface area (Å²) in [6.07, 6.45) is 0.202. The summed E-state index contributed by atoms with van der Waals surface area (Å²) in [5, 5.41) is 31.0. The van der Waals surface area contributed by atoms with Crippen LogP contribution in [0.2, 0.25) is 0 Å². The van der Waals surface area contributed by atoms with E-state index >= 15 is 0 Å². The van der Waals surface area contributed by atoms with Crippen LogP contribution in [0.15, 0.2) is 0 Å². The van der Waals surface area contributed by atoms with E-state index in [2.05, 4.69) is 10.6 Å². The first-order chi connectivity index (χ1) is 12.6. The summed E-state index contributed by atoms with van der Waals surface area (Å²) < 4.78 is 0. The number of aliphatic hydroxyl groups excluding tert-OH is 1. The van der Waals surface area contributed by atoms with E-state index in [0.29, 0.717) is 12.8 Å². The van der Waals surface area contributed by atoms with Gasteiger partial charge in [0, 0.05) is 6.54 Å². The Morgan fingerprint density at radius 1 is 1.19 bits per heavy atom. The van der Waals surface area contributed by atoms with Crippen molar-refractivity contribution in [1.29, 1.82) is 0 Å². The first-order valence-corrected chi connectivity index (χ1v) is 8.30. The van der Waals surface area contributed by atoms with E-state index in [4.69, 9.17) is 21.1 Å². The second-order valence-electron chi connectivity index (χ2n) is 6.21. The summed E-state index contributed by atoms with van der Waals surface area (Å²) in [5.41, 5.74) is 5.43. The molecule has 0 aromatic heterocycles. The number of nitrogens with one attached hydrogen (secondary N) is 2. The van der Waals surface area contributed by atoms with Crippen molar-refractivity contribution in [1.82, 2.24) is 15.5 Å². The van der Waals surface area contributed by atoms with Gasteiger partial charge in [0.05, 0.1) is 19.1 Å². The summed E-state index contributed by atoms with van der Waals surface area (Å²) in [4.78, 5) is 59.3. The van der Waals surface area contributed by atoms with Crippen LogP contribution in [0, 0.1) is 0 Å². The van der Waals surface area contributed by atoms with Gasteiger partial charge in [-0.3, -0.25) is 19.2 Å². The van der Waals surface area contributed by atoms with Gasteiger partial charge in [-0.25, -0.2) is 4.79 Å². The summed E-state index contributed by atoms with van der Waals surface area (Å²) in [7, 11) is 0. The topological polar surface area (TPSA) is 199 Å². The van der Waals surface area contributed by atoms with Gasteiger partial charge < -0.3 is 36.6 Å². The maximum atomic E-state index is 12.5. The van der Waals surface area contributed by atoms with E-state index in [0.717, 1.165) is 0 Å². The smallest absolute Gasteiger partial charge is 0.328 e. The normalized spacial score (nSPS) is 19.7. The minimum absolute atomic E-state index is 0.231. The molecule has 1 fully saturated rings. The van der Waals surface area contributed by atoms with E-state index in [1.807, 2.05) is 0 Å². The Morgan fingerprint density at radius 2 is 1.81 bits per heavy atom. The molecule has 1 rings (SSSR count). The molecule has 1 saturated heterocycles. The van der Waals surface area contributed by atoms with Crippen molar-refractivity contribution in [3.8, 4) is 0 Å². The van der Waals surface area contributed by atoms with E-state index in [1.165, 1.54) is 11.8 Å². The van der Waals surface area contributed by atoms with Crippen molar-refractivity contribution < 1.29 is 39.3 Å². The minimum Gasteiger partial charge on any atom is -0.481 e. The summed E-state index contributed by atoms with van der Waals surface area (Å²) >= 11 is 0. The number of aliphatic carboxylic acids is 2. The van der Waals surface area contributed by atoms with Gasteiger partial charge in [0.2, 0.25) is 17.7 Å². The van der Waals surface area contributed by atoms with Crippen molar-refractivity contribution in [2.75, 3.05) is 13.2 Å². The molecule has 1 aliphatic rings. The Labute approximate surface area is 154 Å². The molecule has 7 N–H and O–H groups in total. The van der Waals surface area contributed by atoms with Crippen molar-refractivity contribution in [3.05, 3.63) is 0 Å². The number of amides is 3. The number of hydrogen-bond acceptors (Lipinski definition) is 7. The highest BCUT2D eigenvalue weighted by molar-refractivity contribution is 5.94. The minimum atomic E-state index is -1.49. The van der Waals surface area contributed by atoms with Crippen LogP contribution in [0.1, 0.15) is 26.2 Å². The molecule has 0 spiro atoms. The first-order valence-electron chi connectivity index (χ1n) is 8.30. The van der Waals surface area contributed by atoms with Crippen molar-refractivity contribution in [2.45, 2.75) is 50.4 Å². The highest BCUT2D eigenvalue weighted by Crippen LogP contribution is 2.19. The molecule has 3 amide bonds. The molecule has 12 nitrogen and oxygen atoms in total. The summed E-state index contributed by atoms with van der Waals surface area (Å²) in [5.74, 6) is -4.79. The number of rotatable bonds is 9. The quantitative estimate of drug-likeness (QED) is 0.236. The monoisotopic (exact) mass is 388 g/mol. The fraction of sp³-hybridized carbons (Fsp3) is 0.667. The van der Waals surface area contributed by atoms with E-state index in [-0.39, 0.29) is 6.54 Å². The van der Waals surface area contributed by atoms with Crippen LogP contribution < -0.4 is 16.4 Å². The highest BCUT2D eigenvalue weighted by Gasteiger charge is 2.37. The van der Waals surface area contributed by atoms with E-state index < -0.39 is 66.9 Å². The van der Waals surface area contributed by atoms with E-state index in [9.17, 15) is 24.0 Å². The Morgan fingerprint density at radius 3 is 2.33 bits per heavy atom. The van der Waals surface area contributed by atoms with Crippen LogP contribution in [0.4, 0.5) is 0 Å². The molecule has 0 radical (unpaired) electrons. The zero-order valence-electron chi connectivity index (χ0n) is 14.8. The van der Waals surface area contributed by atoms with Crippen molar-refractivity contribution in [2.24, 2.45) is 5.73 Å². The molecule has 4 unspecified atom stereocenters. The molecule has 0 bridgehead atoms. The average Bonchev–Trinajstić information content (AvgIpc) is 3.07. The van der Waals surface area contributed by atoms with Gasteiger partial charge in [-0.1, -0.05) is 0 Å². The summed E-state index contributed by atoms with van der Waals surface area (Å²) in [6, 6.07) is -4.80. The second kappa shape index (κ2) is 9.83. The van der Waals surface area contributed by atoms with Crippen LogP contribution in [0.5, 0.6) is 0 Å². The molecule has 12 heteroatoms. The molecule has 1 heterocycles. The SMILES string of the molecule is CC(NC(=O)C(N)CC(=O)O)C(=O)N1CCCC1C(=O)NC(CO)C(=O)O. The number of nitrogens with zero attached hydrogens (tertiary/aromatic N) is 1. The lowest BCUT2D eigenvalue weighted by atomic mass is 10.1. The lowest BCUT2D eigenvalue weighted by molar-refractivity contribution is -0.145. The maximum absolute atomic E-state index is 12.5. The Kier molecular flexibility index (Phi) is 8.12. The van der Waals surface area contributed by atoms with E-state index in [1.54, 1.807) is 0 Å². The third-order valence-corrected chi connectivity index (χ3v) is 4.10. The third-order valence-electron chi connectivity index (χ3n) is 4.10. The van der Waals surface area contributed by atoms with Crippen molar-refractivity contribution in [3.63, 3.8) is 0 Å². The number of carbonyl (C=O) groups is 5. The molecule has 27 heavy (non-hydrogen) atoms. The number of hydrogen-bond donors (Lipinski definition) is 6. The van der Waals surface area contributed by atoms with Crippen LogP contribution >= 0.6 is 0 Å². The van der Waals surface area contributed by atoms with Crippen molar-refractivity contribution >= 4 is 29.7 Å². The first kappa shape index (κ1) is 22.3. The number of carbonyl (C=O) groups excluding carboxylic acids is 3. The fourth-order valence-corrected chi connectivity index (χ4v) is 2.67. The van der Waals surface area contributed by atoms with Gasteiger partial charge >= 0.3 is 11.9 Å². The molecule has 1 aliphatic heterocycles. The summed E-state index contributed by atoms with van der Waals surface area (Å²) in [6.45, 7) is 0.805. The maximum Gasteiger partial charge on any atom is 0.328 e. The lowest BCUT2D eigenvalue weighted by Crippen LogP contribution is -2.56. The molecule has 0 saturated carbocycles. The molecule has 0 aromatic carbocycles. The fourth-order valence-electron chi connectivity index (χ4n) is 2.67. The molecule has 4 atom stereocenters. The van der Waals surface area contributed by atoms with Gasteiger partial charge in [-0.2, -0.15) is 0 Å². The number of carboxylic acid groups (broad SMARTS) is 2. The predicted octanol–water partition coefficient (Wildman–Crippen LogP) is -3.15. The van der Waals surface area contributed by atoms with Crippen LogP contribution in [-0.2, 0) is 24.0 Å². The number of aliphatic hydroxyl groups is 1. The van der Waals surface area contributed by atoms with Gasteiger partial charge in [-0.05, 0) is 19.8 Å². The van der Waals surface area contributed by atoms with Gasteiger partial charge in [0.15, 0.2) is 0 Å². The largest absolute Gasteiger partial charge is 0.481 e. The Bertz CT molecular complexity index is 611. The lowest BCUT2D eigenvalue weighted by Gasteiger charge is -2.28. The van der Waals surface area contributed by atoms with Gasteiger partial charge in [-0.15, -0.1) is 0 Å². The number of likely N-dealkylation sites (tertiary alicyclic amines) is 1. The molecule has 0 aliphatic carbocycles. The standard InChI is InChI=1S/C15H24N4O8/c1-7(17-12(23)8(16)5-11(21)22)14(25)19-4-2-3-10(19)13(24)18-9(6-20)15(26)27/h7-10,20H,2-6,16H2,1H3,(H,17,23)(H,18,24)(H,21,22)(H,26,27). The number of carboxylic acids is 2. The zero-order valence-corrected chi connectivity index (χ0v) is 14.8.